The Morgan fingerprint density at radius 1 is 1.25 bits per heavy atom. The SMILES string of the molecule is CCC1=CC([C@@H](COP(=O)(O)O)C(=O)N2CCC(c3ccc(C(F)(F)F)cc3)CC2)N=N1. The maximum absolute atomic E-state index is 13.1. The van der Waals surface area contributed by atoms with Crippen molar-refractivity contribution in [3.8, 4) is 0 Å². The highest BCUT2D eigenvalue weighted by molar-refractivity contribution is 7.46. The number of alkyl halides is 3. The fraction of sp³-hybridized carbons (Fsp3) is 0.550. The normalized spacial score (nSPS) is 21.0. The summed E-state index contributed by atoms with van der Waals surface area (Å²) >= 11 is 0. The van der Waals surface area contributed by atoms with Crippen LogP contribution in [0.4, 0.5) is 13.2 Å². The first-order chi connectivity index (χ1) is 15.0. The van der Waals surface area contributed by atoms with Crippen LogP contribution in [-0.4, -0.2) is 46.3 Å². The van der Waals surface area contributed by atoms with E-state index in [4.69, 9.17) is 9.79 Å². The van der Waals surface area contributed by atoms with Crippen LogP contribution in [0.15, 0.2) is 46.3 Å². The number of rotatable bonds is 7. The summed E-state index contributed by atoms with van der Waals surface area (Å²) in [6.45, 7) is 2.11. The lowest BCUT2D eigenvalue weighted by molar-refractivity contribution is -0.138. The molecule has 2 atom stereocenters. The molecule has 0 saturated carbocycles. The lowest BCUT2D eigenvalue weighted by Crippen LogP contribution is -2.45. The van der Waals surface area contributed by atoms with Crippen LogP contribution in [0.2, 0.25) is 0 Å². The van der Waals surface area contributed by atoms with Crippen molar-refractivity contribution in [1.29, 1.82) is 0 Å². The molecule has 1 unspecified atom stereocenters. The average molecular weight is 475 g/mol. The van der Waals surface area contributed by atoms with E-state index in [1.165, 1.54) is 12.1 Å². The predicted molar refractivity (Wildman–Crippen MR) is 109 cm³/mol. The van der Waals surface area contributed by atoms with E-state index in [1.807, 2.05) is 6.92 Å². The summed E-state index contributed by atoms with van der Waals surface area (Å²) in [5.41, 5.74) is 0.767. The van der Waals surface area contributed by atoms with Crippen molar-refractivity contribution >= 4 is 13.7 Å². The van der Waals surface area contributed by atoms with E-state index < -0.39 is 38.1 Å². The zero-order chi connectivity index (χ0) is 23.5. The number of phosphoric ester groups is 1. The quantitative estimate of drug-likeness (QED) is 0.573. The summed E-state index contributed by atoms with van der Waals surface area (Å²) in [6, 6.07) is 4.39. The lowest BCUT2D eigenvalue weighted by atomic mass is 9.88. The maximum atomic E-state index is 13.1. The van der Waals surface area contributed by atoms with Gasteiger partial charge in [0.1, 0.15) is 6.04 Å². The molecule has 3 rings (SSSR count). The first-order valence-electron chi connectivity index (χ1n) is 10.3. The van der Waals surface area contributed by atoms with Crippen molar-refractivity contribution in [3.63, 3.8) is 0 Å². The number of phosphoric acid groups is 1. The number of halogens is 3. The summed E-state index contributed by atoms with van der Waals surface area (Å²) in [4.78, 5) is 32.8. The van der Waals surface area contributed by atoms with Crippen molar-refractivity contribution in [3.05, 3.63) is 47.2 Å². The molecule has 1 fully saturated rings. The average Bonchev–Trinajstić information content (AvgIpc) is 3.21. The molecule has 12 heteroatoms. The molecule has 0 aromatic heterocycles. The summed E-state index contributed by atoms with van der Waals surface area (Å²) in [7, 11) is -4.77. The van der Waals surface area contributed by atoms with Gasteiger partial charge in [-0.1, -0.05) is 19.1 Å². The Labute approximate surface area is 183 Å². The molecule has 0 aliphatic carbocycles. The Morgan fingerprint density at radius 3 is 2.38 bits per heavy atom. The molecule has 2 aliphatic heterocycles. The number of hydrogen-bond acceptors (Lipinski definition) is 5. The number of nitrogens with zero attached hydrogens (tertiary/aromatic N) is 3. The number of carbonyl (C=O) groups excluding carboxylic acids is 1. The molecule has 2 aliphatic rings. The maximum Gasteiger partial charge on any atom is 0.469 e. The molecular weight excluding hydrogens is 450 g/mol. The van der Waals surface area contributed by atoms with Gasteiger partial charge >= 0.3 is 14.0 Å². The first-order valence-corrected chi connectivity index (χ1v) is 11.8. The molecule has 0 radical (unpaired) electrons. The van der Waals surface area contributed by atoms with E-state index in [0.717, 1.165) is 17.7 Å². The molecule has 1 amide bonds. The van der Waals surface area contributed by atoms with Gasteiger partial charge in [-0.3, -0.25) is 9.32 Å². The van der Waals surface area contributed by atoms with Crippen molar-refractivity contribution in [1.82, 2.24) is 4.90 Å². The number of hydrogen-bond donors (Lipinski definition) is 2. The van der Waals surface area contributed by atoms with Gasteiger partial charge < -0.3 is 14.7 Å². The summed E-state index contributed by atoms with van der Waals surface area (Å²) in [5.74, 6) is -1.26. The zero-order valence-electron chi connectivity index (χ0n) is 17.4. The highest BCUT2D eigenvalue weighted by atomic mass is 31.2. The molecule has 8 nitrogen and oxygen atoms in total. The second-order valence-corrected chi connectivity index (χ2v) is 9.07. The molecule has 1 saturated heterocycles. The van der Waals surface area contributed by atoms with Gasteiger partial charge in [0.05, 0.1) is 23.8 Å². The first kappa shape index (κ1) is 24.6. The van der Waals surface area contributed by atoms with Gasteiger partial charge in [-0.25, -0.2) is 4.57 Å². The molecule has 176 valence electrons. The van der Waals surface area contributed by atoms with Crippen molar-refractivity contribution in [2.24, 2.45) is 16.1 Å². The Morgan fingerprint density at radius 2 is 1.88 bits per heavy atom. The third kappa shape index (κ3) is 6.25. The number of likely N-dealkylation sites (tertiary alicyclic amines) is 1. The predicted octanol–water partition coefficient (Wildman–Crippen LogP) is 4.27. The van der Waals surface area contributed by atoms with Crippen LogP contribution >= 0.6 is 7.82 Å². The van der Waals surface area contributed by atoms with Crippen molar-refractivity contribution in [2.75, 3.05) is 19.7 Å². The third-order valence-electron chi connectivity index (χ3n) is 5.71. The Bertz CT molecular complexity index is 921. The molecule has 1 aromatic rings. The standard InChI is InChI=1S/C20H25F3N3O5P/c1-2-16-11-18(25-24-16)17(12-31-32(28,29)30)19(27)26-9-7-14(8-10-26)13-3-5-15(6-4-13)20(21,22)23/h3-6,11,14,17-18H,2,7-10,12H2,1H3,(H2,28,29,30)/t17-,18?/m1/s1. The number of azo groups is 1. The fourth-order valence-electron chi connectivity index (χ4n) is 3.90. The molecule has 1 aromatic carbocycles. The second kappa shape index (κ2) is 9.82. The van der Waals surface area contributed by atoms with Crippen LogP contribution in [0.5, 0.6) is 0 Å². The van der Waals surface area contributed by atoms with Gasteiger partial charge in [-0.15, -0.1) is 0 Å². The van der Waals surface area contributed by atoms with Crippen LogP contribution in [0.1, 0.15) is 43.2 Å². The largest absolute Gasteiger partial charge is 0.469 e. The topological polar surface area (TPSA) is 112 Å². The summed E-state index contributed by atoms with van der Waals surface area (Å²) in [5, 5.41) is 8.05. The smallest absolute Gasteiger partial charge is 0.342 e. The molecular formula is C20H25F3N3O5P. The van der Waals surface area contributed by atoms with Crippen molar-refractivity contribution < 1.29 is 36.8 Å². The second-order valence-electron chi connectivity index (χ2n) is 7.83. The minimum Gasteiger partial charge on any atom is -0.342 e. The van der Waals surface area contributed by atoms with Crippen LogP contribution < -0.4 is 0 Å². The number of amides is 1. The molecule has 0 spiro atoms. The highest BCUT2D eigenvalue weighted by Crippen LogP contribution is 2.38. The van der Waals surface area contributed by atoms with Crippen LogP contribution in [0, 0.1) is 5.92 Å². The van der Waals surface area contributed by atoms with Gasteiger partial charge in [-0.2, -0.15) is 23.4 Å². The van der Waals surface area contributed by atoms with Gasteiger partial charge in [0.25, 0.3) is 0 Å². The van der Waals surface area contributed by atoms with Crippen LogP contribution in [0.25, 0.3) is 0 Å². The lowest BCUT2D eigenvalue weighted by Gasteiger charge is -2.35. The minimum absolute atomic E-state index is 0.0175. The summed E-state index contributed by atoms with van der Waals surface area (Å²) < 4.78 is 54.1. The monoisotopic (exact) mass is 475 g/mol. The van der Waals surface area contributed by atoms with Gasteiger partial charge in [0.2, 0.25) is 5.91 Å². The van der Waals surface area contributed by atoms with E-state index >= 15 is 0 Å². The Hall–Kier alpha value is -2.07. The van der Waals surface area contributed by atoms with E-state index in [0.29, 0.717) is 38.0 Å². The summed E-state index contributed by atoms with van der Waals surface area (Å²) in [6.07, 6.45) is -0.960. The van der Waals surface area contributed by atoms with E-state index in [1.54, 1.807) is 11.0 Å². The van der Waals surface area contributed by atoms with Gasteiger partial charge in [0, 0.05) is 13.1 Å². The van der Waals surface area contributed by atoms with Crippen LogP contribution in [-0.2, 0) is 20.1 Å². The van der Waals surface area contributed by atoms with E-state index in [-0.39, 0.29) is 11.8 Å². The molecule has 0 bridgehead atoms. The fourth-order valence-corrected chi connectivity index (χ4v) is 4.25. The Kier molecular flexibility index (Phi) is 7.54. The molecule has 2 heterocycles. The van der Waals surface area contributed by atoms with Crippen LogP contribution in [0.3, 0.4) is 0 Å². The minimum atomic E-state index is -4.77. The van der Waals surface area contributed by atoms with Gasteiger partial charge in [-0.05, 0) is 49.0 Å². The van der Waals surface area contributed by atoms with E-state index in [2.05, 4.69) is 14.8 Å². The number of piperidine rings is 1. The highest BCUT2D eigenvalue weighted by Gasteiger charge is 2.37. The molecule has 2 N–H and O–H groups in total. The van der Waals surface area contributed by atoms with E-state index in [9.17, 15) is 22.5 Å². The zero-order valence-corrected chi connectivity index (χ0v) is 18.3. The number of benzene rings is 1. The van der Waals surface area contributed by atoms with Crippen molar-refractivity contribution in [2.45, 2.75) is 44.3 Å². The molecule has 32 heavy (non-hydrogen) atoms. The number of carbonyl (C=O) groups is 1. The third-order valence-corrected chi connectivity index (χ3v) is 6.20. The Balaban J connectivity index is 1.65. The van der Waals surface area contributed by atoms with Gasteiger partial charge in [0.15, 0.2) is 0 Å². The number of allylic oxidation sites excluding steroid dienone is 1.